The van der Waals surface area contributed by atoms with Gasteiger partial charge < -0.3 is 24.8 Å². The standard InChI is InChI=1S/C24H25N3O7S/c1-27(2)18-8-4-16(5-9-18)25-23(29)15-34-24(30)21-14-20(12-13-22(21)28)35(31,32)26-17-6-10-19(33-3)11-7-17/h4-14,26,28H,15H2,1-3H3,(H,25,29). The summed E-state index contributed by atoms with van der Waals surface area (Å²) in [5.74, 6) is -1.59. The van der Waals surface area contributed by atoms with Crippen molar-refractivity contribution in [2.45, 2.75) is 4.90 Å². The number of ether oxygens (including phenoxy) is 2. The molecule has 0 atom stereocenters. The molecule has 0 heterocycles. The van der Waals surface area contributed by atoms with Crippen molar-refractivity contribution < 1.29 is 32.6 Å². The van der Waals surface area contributed by atoms with Gasteiger partial charge in [-0.1, -0.05) is 0 Å². The van der Waals surface area contributed by atoms with Gasteiger partial charge in [-0.05, 0) is 66.7 Å². The van der Waals surface area contributed by atoms with E-state index in [9.17, 15) is 23.1 Å². The highest BCUT2D eigenvalue weighted by atomic mass is 32.2. The van der Waals surface area contributed by atoms with Gasteiger partial charge in [-0.2, -0.15) is 0 Å². The van der Waals surface area contributed by atoms with Crippen molar-refractivity contribution in [2.75, 3.05) is 42.8 Å². The third-order valence-corrected chi connectivity index (χ3v) is 6.22. The first-order valence-corrected chi connectivity index (χ1v) is 11.8. The van der Waals surface area contributed by atoms with E-state index in [4.69, 9.17) is 9.47 Å². The van der Waals surface area contributed by atoms with Crippen molar-refractivity contribution in [3.63, 3.8) is 0 Å². The fourth-order valence-electron chi connectivity index (χ4n) is 2.97. The lowest BCUT2D eigenvalue weighted by Gasteiger charge is -2.13. The van der Waals surface area contributed by atoms with Gasteiger partial charge in [0.15, 0.2) is 6.61 Å². The number of benzene rings is 3. The molecule has 0 aliphatic heterocycles. The Labute approximate surface area is 203 Å². The zero-order valence-corrected chi connectivity index (χ0v) is 20.1. The predicted molar refractivity (Wildman–Crippen MR) is 132 cm³/mol. The van der Waals surface area contributed by atoms with E-state index in [1.54, 1.807) is 24.3 Å². The average Bonchev–Trinajstić information content (AvgIpc) is 2.83. The Morgan fingerprint density at radius 1 is 0.943 bits per heavy atom. The van der Waals surface area contributed by atoms with Crippen LogP contribution in [0.3, 0.4) is 0 Å². The van der Waals surface area contributed by atoms with Crippen LogP contribution < -0.4 is 19.7 Å². The number of hydrogen-bond donors (Lipinski definition) is 3. The quantitative estimate of drug-likeness (QED) is 0.383. The summed E-state index contributed by atoms with van der Waals surface area (Å²) in [5.41, 5.74) is 1.34. The second-order valence-corrected chi connectivity index (χ2v) is 9.26. The summed E-state index contributed by atoms with van der Waals surface area (Å²) >= 11 is 0. The number of esters is 1. The summed E-state index contributed by atoms with van der Waals surface area (Å²) in [6.07, 6.45) is 0. The first kappa shape index (κ1) is 25.4. The highest BCUT2D eigenvalue weighted by Crippen LogP contribution is 2.25. The number of sulfonamides is 1. The van der Waals surface area contributed by atoms with E-state index >= 15 is 0 Å². The molecule has 0 radical (unpaired) electrons. The second kappa shape index (κ2) is 10.8. The number of methoxy groups -OCH3 is 1. The van der Waals surface area contributed by atoms with Crippen molar-refractivity contribution in [1.29, 1.82) is 0 Å². The van der Waals surface area contributed by atoms with Crippen LogP contribution in [0.1, 0.15) is 10.4 Å². The topological polar surface area (TPSA) is 134 Å². The fourth-order valence-corrected chi connectivity index (χ4v) is 4.05. The number of phenolic OH excluding ortho intramolecular Hbond substituents is 1. The van der Waals surface area contributed by atoms with Gasteiger partial charge in [-0.25, -0.2) is 13.2 Å². The van der Waals surface area contributed by atoms with Crippen LogP contribution in [0.2, 0.25) is 0 Å². The largest absolute Gasteiger partial charge is 0.507 e. The van der Waals surface area contributed by atoms with Crippen molar-refractivity contribution >= 4 is 39.0 Å². The van der Waals surface area contributed by atoms with Gasteiger partial charge in [0.25, 0.3) is 15.9 Å². The van der Waals surface area contributed by atoms with Crippen LogP contribution >= 0.6 is 0 Å². The van der Waals surface area contributed by atoms with Crippen LogP contribution in [0.5, 0.6) is 11.5 Å². The van der Waals surface area contributed by atoms with Crippen LogP contribution in [0.15, 0.2) is 71.6 Å². The summed E-state index contributed by atoms with van der Waals surface area (Å²) in [4.78, 5) is 26.2. The number of carbonyl (C=O) groups excluding carboxylic acids is 2. The van der Waals surface area contributed by atoms with Gasteiger partial charge in [0.05, 0.1) is 12.0 Å². The first-order valence-electron chi connectivity index (χ1n) is 10.3. The molecule has 0 saturated carbocycles. The van der Waals surface area contributed by atoms with Gasteiger partial charge in [0.2, 0.25) is 0 Å². The molecule has 3 aromatic carbocycles. The predicted octanol–water partition coefficient (Wildman–Crippen LogP) is 3.06. The maximum Gasteiger partial charge on any atom is 0.342 e. The summed E-state index contributed by atoms with van der Waals surface area (Å²) in [6, 6.07) is 16.4. The van der Waals surface area contributed by atoms with Gasteiger partial charge >= 0.3 is 5.97 Å². The summed E-state index contributed by atoms with van der Waals surface area (Å²) in [5, 5.41) is 12.6. The van der Waals surface area contributed by atoms with E-state index in [0.717, 1.165) is 23.9 Å². The number of carbonyl (C=O) groups is 2. The Bertz CT molecular complexity index is 1310. The molecule has 3 N–H and O–H groups in total. The van der Waals surface area contributed by atoms with Crippen LogP contribution in [0.25, 0.3) is 0 Å². The number of amides is 1. The van der Waals surface area contributed by atoms with E-state index in [1.165, 1.54) is 19.2 Å². The number of anilines is 3. The lowest BCUT2D eigenvalue weighted by Crippen LogP contribution is -2.21. The molecule has 11 heteroatoms. The Morgan fingerprint density at radius 2 is 1.57 bits per heavy atom. The molecule has 0 fully saturated rings. The molecular weight excluding hydrogens is 474 g/mol. The van der Waals surface area contributed by atoms with E-state index in [0.29, 0.717) is 11.4 Å². The van der Waals surface area contributed by atoms with Crippen molar-refractivity contribution in [1.82, 2.24) is 0 Å². The minimum absolute atomic E-state index is 0.275. The maximum atomic E-state index is 12.7. The average molecular weight is 500 g/mol. The number of nitrogens with one attached hydrogen (secondary N) is 2. The SMILES string of the molecule is COc1ccc(NS(=O)(=O)c2ccc(O)c(C(=O)OCC(=O)Nc3ccc(N(C)C)cc3)c2)cc1. The highest BCUT2D eigenvalue weighted by molar-refractivity contribution is 7.92. The summed E-state index contributed by atoms with van der Waals surface area (Å²) < 4.78 is 37.9. The summed E-state index contributed by atoms with van der Waals surface area (Å²) in [7, 11) is 1.18. The zero-order valence-electron chi connectivity index (χ0n) is 19.3. The number of rotatable bonds is 9. The molecule has 0 aliphatic rings. The first-order chi connectivity index (χ1) is 16.6. The minimum atomic E-state index is -4.08. The van der Waals surface area contributed by atoms with Crippen LogP contribution in [0.4, 0.5) is 17.1 Å². The third-order valence-electron chi connectivity index (χ3n) is 4.84. The molecule has 0 bridgehead atoms. The molecule has 0 aliphatic carbocycles. The zero-order chi connectivity index (χ0) is 25.6. The lowest BCUT2D eigenvalue weighted by atomic mass is 10.2. The molecule has 0 spiro atoms. The van der Waals surface area contributed by atoms with Crippen LogP contribution in [-0.4, -0.2) is 53.2 Å². The Hall–Kier alpha value is -4.25. The summed E-state index contributed by atoms with van der Waals surface area (Å²) in [6.45, 7) is -0.630. The number of phenols is 1. The molecule has 1 amide bonds. The number of nitrogens with zero attached hydrogens (tertiary/aromatic N) is 1. The third kappa shape index (κ3) is 6.64. The molecule has 0 aromatic heterocycles. The monoisotopic (exact) mass is 499 g/mol. The molecule has 0 saturated heterocycles. The van der Waals surface area contributed by atoms with Crippen molar-refractivity contribution in [3.05, 3.63) is 72.3 Å². The molecule has 3 aromatic rings. The van der Waals surface area contributed by atoms with Crippen molar-refractivity contribution in [3.8, 4) is 11.5 Å². The second-order valence-electron chi connectivity index (χ2n) is 7.58. The minimum Gasteiger partial charge on any atom is -0.507 e. The highest BCUT2D eigenvalue weighted by Gasteiger charge is 2.21. The molecule has 0 unspecified atom stereocenters. The smallest absolute Gasteiger partial charge is 0.342 e. The molecular formula is C24H25N3O7S. The van der Waals surface area contributed by atoms with E-state index in [2.05, 4.69) is 10.0 Å². The Balaban J connectivity index is 1.65. The molecule has 10 nitrogen and oxygen atoms in total. The van der Waals surface area contributed by atoms with Gasteiger partial charge in [0.1, 0.15) is 17.1 Å². The van der Waals surface area contributed by atoms with Gasteiger partial charge in [-0.3, -0.25) is 9.52 Å². The Morgan fingerprint density at radius 3 is 2.17 bits per heavy atom. The van der Waals surface area contributed by atoms with Gasteiger partial charge in [-0.15, -0.1) is 0 Å². The lowest BCUT2D eigenvalue weighted by molar-refractivity contribution is -0.119. The number of aromatic hydroxyl groups is 1. The van der Waals surface area contributed by atoms with E-state index < -0.39 is 39.8 Å². The van der Waals surface area contributed by atoms with E-state index in [1.807, 2.05) is 31.1 Å². The fraction of sp³-hybridized carbons (Fsp3) is 0.167. The maximum absolute atomic E-state index is 12.7. The Kier molecular flexibility index (Phi) is 7.82. The number of hydrogen-bond acceptors (Lipinski definition) is 8. The van der Waals surface area contributed by atoms with E-state index in [-0.39, 0.29) is 10.6 Å². The van der Waals surface area contributed by atoms with Crippen LogP contribution in [-0.2, 0) is 19.6 Å². The molecule has 184 valence electrons. The van der Waals surface area contributed by atoms with Crippen molar-refractivity contribution in [2.24, 2.45) is 0 Å². The van der Waals surface area contributed by atoms with Crippen LogP contribution in [0, 0.1) is 0 Å². The molecule has 3 rings (SSSR count). The molecule has 35 heavy (non-hydrogen) atoms. The van der Waals surface area contributed by atoms with Gasteiger partial charge in [0, 0.05) is 31.2 Å². The normalized spacial score (nSPS) is 10.8.